The van der Waals surface area contributed by atoms with Gasteiger partial charge in [0, 0.05) is 12.2 Å². The first-order valence-electron chi connectivity index (χ1n) is 4.43. The van der Waals surface area contributed by atoms with Gasteiger partial charge in [0.05, 0.1) is 0 Å². The zero-order chi connectivity index (χ0) is 9.14. The summed E-state index contributed by atoms with van der Waals surface area (Å²) >= 11 is 0. The predicted molar refractivity (Wildman–Crippen MR) is 53.8 cm³/mol. The molecule has 0 radical (unpaired) electrons. The average Bonchev–Trinajstić information content (AvgIpc) is 2.04. The van der Waals surface area contributed by atoms with E-state index >= 15 is 0 Å². The van der Waals surface area contributed by atoms with Crippen LogP contribution in [0.5, 0.6) is 0 Å². The molecule has 0 aromatic carbocycles. The summed E-state index contributed by atoms with van der Waals surface area (Å²) in [5.74, 6) is 0.593. The maximum Gasteiger partial charge on any atom is 0.0401 e. The van der Waals surface area contributed by atoms with Crippen molar-refractivity contribution in [2.75, 3.05) is 6.54 Å². The van der Waals surface area contributed by atoms with Gasteiger partial charge in [-0.3, -0.25) is 0 Å². The fourth-order valence-electron chi connectivity index (χ4n) is 1.24. The van der Waals surface area contributed by atoms with E-state index in [-0.39, 0.29) is 0 Å². The highest BCUT2D eigenvalue weighted by Crippen LogP contribution is 2.19. The van der Waals surface area contributed by atoms with Gasteiger partial charge in [-0.1, -0.05) is 32.6 Å². The summed E-state index contributed by atoms with van der Waals surface area (Å²) in [4.78, 5) is 0. The molecular weight excluding hydrogens is 146 g/mol. The average molecular weight is 163 g/mol. The number of nitrogens with one attached hydrogen (secondary N) is 1. The molecule has 1 aliphatic rings. The normalized spacial score (nSPS) is 21.2. The van der Waals surface area contributed by atoms with E-state index < -0.39 is 0 Å². The van der Waals surface area contributed by atoms with Crippen LogP contribution in [0.25, 0.3) is 0 Å². The summed E-state index contributed by atoms with van der Waals surface area (Å²) in [6.45, 7) is 11.5. The Balaban J connectivity index is 2.93. The SMILES string of the molecule is C=C1C=CCN/C1=C(/C)C(C)C. The Bertz CT molecular complexity index is 244. The number of hydrogen-bond donors (Lipinski definition) is 1. The molecule has 1 heteroatoms. The Kier molecular flexibility index (Phi) is 2.74. The third-order valence-electron chi connectivity index (χ3n) is 2.30. The predicted octanol–water partition coefficient (Wildman–Crippen LogP) is 2.63. The van der Waals surface area contributed by atoms with Gasteiger partial charge in [-0.15, -0.1) is 0 Å². The van der Waals surface area contributed by atoms with Crippen LogP contribution in [0.3, 0.4) is 0 Å². The van der Waals surface area contributed by atoms with Crippen LogP contribution in [0.1, 0.15) is 20.8 Å². The van der Waals surface area contributed by atoms with Gasteiger partial charge in [-0.2, -0.15) is 0 Å². The largest absolute Gasteiger partial charge is 0.381 e. The number of rotatable bonds is 1. The minimum atomic E-state index is 0.593. The second-order valence-corrected chi connectivity index (χ2v) is 3.52. The van der Waals surface area contributed by atoms with Crippen LogP contribution in [0.2, 0.25) is 0 Å². The van der Waals surface area contributed by atoms with Crippen molar-refractivity contribution in [2.45, 2.75) is 20.8 Å². The van der Waals surface area contributed by atoms with Crippen molar-refractivity contribution in [1.29, 1.82) is 0 Å². The first-order valence-corrected chi connectivity index (χ1v) is 4.43. The van der Waals surface area contributed by atoms with Crippen molar-refractivity contribution in [3.8, 4) is 0 Å². The van der Waals surface area contributed by atoms with Gasteiger partial charge in [-0.25, -0.2) is 0 Å². The molecule has 0 aromatic rings. The van der Waals surface area contributed by atoms with Crippen LogP contribution < -0.4 is 5.32 Å². The molecule has 0 atom stereocenters. The Morgan fingerprint density at radius 3 is 2.75 bits per heavy atom. The molecule has 0 aromatic heterocycles. The van der Waals surface area contributed by atoms with Crippen molar-refractivity contribution in [3.05, 3.63) is 35.6 Å². The molecule has 0 saturated heterocycles. The molecular formula is C11H17N. The number of hydrogen-bond acceptors (Lipinski definition) is 1. The summed E-state index contributed by atoms with van der Waals surface area (Å²) < 4.78 is 0. The van der Waals surface area contributed by atoms with Crippen LogP contribution in [0.15, 0.2) is 35.6 Å². The van der Waals surface area contributed by atoms with Crippen LogP contribution in [0, 0.1) is 5.92 Å². The molecule has 0 unspecified atom stereocenters. The van der Waals surface area contributed by atoms with Gasteiger partial charge in [0.1, 0.15) is 0 Å². The maximum atomic E-state index is 3.99. The summed E-state index contributed by atoms with van der Waals surface area (Å²) in [5, 5.41) is 3.34. The van der Waals surface area contributed by atoms with Crippen molar-refractivity contribution in [2.24, 2.45) is 5.92 Å². The monoisotopic (exact) mass is 163 g/mol. The zero-order valence-corrected chi connectivity index (χ0v) is 8.15. The van der Waals surface area contributed by atoms with Gasteiger partial charge in [0.25, 0.3) is 0 Å². The smallest absolute Gasteiger partial charge is 0.0401 e. The molecule has 0 amide bonds. The van der Waals surface area contributed by atoms with E-state index in [0.29, 0.717) is 5.92 Å². The van der Waals surface area contributed by atoms with E-state index in [9.17, 15) is 0 Å². The summed E-state index contributed by atoms with van der Waals surface area (Å²) in [7, 11) is 0. The minimum absolute atomic E-state index is 0.593. The molecule has 1 nitrogen and oxygen atoms in total. The fraction of sp³-hybridized carbons (Fsp3) is 0.455. The van der Waals surface area contributed by atoms with Gasteiger partial charge in [0.15, 0.2) is 0 Å². The summed E-state index contributed by atoms with van der Waals surface area (Å²) in [5.41, 5.74) is 3.73. The quantitative estimate of drug-likeness (QED) is 0.626. The molecule has 66 valence electrons. The minimum Gasteiger partial charge on any atom is -0.381 e. The van der Waals surface area contributed by atoms with Crippen LogP contribution >= 0.6 is 0 Å². The van der Waals surface area contributed by atoms with Crippen LogP contribution in [-0.2, 0) is 0 Å². The van der Waals surface area contributed by atoms with Gasteiger partial charge < -0.3 is 5.32 Å². The molecule has 1 aliphatic heterocycles. The number of allylic oxidation sites excluding steroid dienone is 2. The lowest BCUT2D eigenvalue weighted by Crippen LogP contribution is -2.20. The Morgan fingerprint density at radius 1 is 1.58 bits per heavy atom. The van der Waals surface area contributed by atoms with Gasteiger partial charge >= 0.3 is 0 Å². The molecule has 1 N–H and O–H groups in total. The molecule has 0 spiro atoms. The van der Waals surface area contributed by atoms with Crippen molar-refractivity contribution in [1.82, 2.24) is 5.32 Å². The summed E-state index contributed by atoms with van der Waals surface area (Å²) in [6.07, 6.45) is 4.18. The van der Waals surface area contributed by atoms with E-state index in [1.165, 1.54) is 11.3 Å². The topological polar surface area (TPSA) is 12.0 Å². The lowest BCUT2D eigenvalue weighted by atomic mass is 9.98. The van der Waals surface area contributed by atoms with Gasteiger partial charge in [0.2, 0.25) is 0 Å². The third-order valence-corrected chi connectivity index (χ3v) is 2.30. The molecule has 0 fully saturated rings. The maximum absolute atomic E-state index is 3.99. The van der Waals surface area contributed by atoms with E-state index in [1.807, 2.05) is 0 Å². The highest BCUT2D eigenvalue weighted by atomic mass is 14.9. The fourth-order valence-corrected chi connectivity index (χ4v) is 1.24. The van der Waals surface area contributed by atoms with E-state index in [4.69, 9.17) is 0 Å². The Labute approximate surface area is 74.9 Å². The van der Waals surface area contributed by atoms with E-state index in [2.05, 4.69) is 44.8 Å². The van der Waals surface area contributed by atoms with E-state index in [1.54, 1.807) is 0 Å². The highest BCUT2D eigenvalue weighted by molar-refractivity contribution is 5.42. The van der Waals surface area contributed by atoms with Crippen molar-refractivity contribution >= 4 is 0 Å². The van der Waals surface area contributed by atoms with Crippen LogP contribution in [-0.4, -0.2) is 6.54 Å². The van der Waals surface area contributed by atoms with Crippen molar-refractivity contribution < 1.29 is 0 Å². The molecule has 0 saturated carbocycles. The molecule has 0 aliphatic carbocycles. The molecule has 12 heavy (non-hydrogen) atoms. The Morgan fingerprint density at radius 2 is 2.25 bits per heavy atom. The molecule has 1 rings (SSSR count). The van der Waals surface area contributed by atoms with E-state index in [0.717, 1.165) is 12.1 Å². The zero-order valence-electron chi connectivity index (χ0n) is 8.15. The molecule has 1 heterocycles. The Hall–Kier alpha value is -0.980. The third kappa shape index (κ3) is 1.79. The van der Waals surface area contributed by atoms with Gasteiger partial charge in [-0.05, 0) is 24.0 Å². The first-order chi connectivity index (χ1) is 5.63. The first kappa shape index (κ1) is 9.11. The van der Waals surface area contributed by atoms with Crippen molar-refractivity contribution in [3.63, 3.8) is 0 Å². The lowest BCUT2D eigenvalue weighted by molar-refractivity contribution is 0.732. The molecule has 0 bridgehead atoms. The lowest BCUT2D eigenvalue weighted by Gasteiger charge is -2.19. The second-order valence-electron chi connectivity index (χ2n) is 3.52. The summed E-state index contributed by atoms with van der Waals surface area (Å²) in [6, 6.07) is 0. The van der Waals surface area contributed by atoms with Crippen LogP contribution in [0.4, 0.5) is 0 Å². The second kappa shape index (κ2) is 3.61. The highest BCUT2D eigenvalue weighted by Gasteiger charge is 2.09. The standard InChI is InChI=1S/C11H17N/c1-8(2)10(4)11-9(3)6-5-7-12-11/h5-6,8,12H,3,7H2,1-2,4H3/b11-10-.